The van der Waals surface area contributed by atoms with Gasteiger partial charge >= 0.3 is 0 Å². The Kier molecular flexibility index (Phi) is 5.24. The maximum atomic E-state index is 5.64. The van der Waals surface area contributed by atoms with Gasteiger partial charge in [-0.05, 0) is 38.4 Å². The minimum Gasteiger partial charge on any atom is -0.330 e. The third kappa shape index (κ3) is 3.57. The van der Waals surface area contributed by atoms with Crippen molar-refractivity contribution in [2.24, 2.45) is 5.73 Å². The van der Waals surface area contributed by atoms with E-state index in [2.05, 4.69) is 41.5 Å². The molecule has 1 unspecified atom stereocenters. The number of likely N-dealkylation sites (tertiary alicyclic amines) is 1. The summed E-state index contributed by atoms with van der Waals surface area (Å²) in [5.41, 5.74) is 9.43. The fourth-order valence-corrected chi connectivity index (χ4v) is 4.09. The molecule has 22 heavy (non-hydrogen) atoms. The van der Waals surface area contributed by atoms with Crippen molar-refractivity contribution in [1.29, 1.82) is 0 Å². The normalized spacial score (nSPS) is 19.5. The van der Waals surface area contributed by atoms with Crippen LogP contribution in [0.4, 0.5) is 0 Å². The van der Waals surface area contributed by atoms with Gasteiger partial charge in [-0.25, -0.2) is 4.98 Å². The van der Waals surface area contributed by atoms with E-state index in [4.69, 9.17) is 10.7 Å². The molecule has 2 heterocycles. The van der Waals surface area contributed by atoms with E-state index >= 15 is 0 Å². The van der Waals surface area contributed by atoms with Crippen LogP contribution in [0.5, 0.6) is 0 Å². The molecule has 1 saturated heterocycles. The molecule has 3 nitrogen and oxygen atoms in total. The van der Waals surface area contributed by atoms with E-state index in [-0.39, 0.29) is 0 Å². The quantitative estimate of drug-likeness (QED) is 0.915. The molecule has 0 spiro atoms. The van der Waals surface area contributed by atoms with Gasteiger partial charge in [0.15, 0.2) is 0 Å². The third-order valence-electron chi connectivity index (χ3n) is 4.51. The van der Waals surface area contributed by atoms with Crippen LogP contribution in [-0.2, 0) is 13.0 Å². The summed E-state index contributed by atoms with van der Waals surface area (Å²) in [5, 5.41) is 3.27. The van der Waals surface area contributed by atoms with Crippen LogP contribution in [0.25, 0.3) is 10.6 Å². The molecular formula is C18H25N3S. The van der Waals surface area contributed by atoms with Crippen LogP contribution in [0, 0.1) is 0 Å². The Balaban J connectivity index is 1.82. The number of aromatic nitrogens is 1. The zero-order chi connectivity index (χ0) is 15.4. The van der Waals surface area contributed by atoms with Gasteiger partial charge < -0.3 is 5.73 Å². The molecule has 1 fully saturated rings. The van der Waals surface area contributed by atoms with E-state index in [1.165, 1.54) is 36.9 Å². The summed E-state index contributed by atoms with van der Waals surface area (Å²) in [6, 6.07) is 9.39. The first-order valence-corrected chi connectivity index (χ1v) is 9.12. The highest BCUT2D eigenvalue weighted by Crippen LogP contribution is 2.29. The monoisotopic (exact) mass is 315 g/mol. The van der Waals surface area contributed by atoms with Gasteiger partial charge in [-0.1, -0.05) is 30.7 Å². The van der Waals surface area contributed by atoms with Crippen molar-refractivity contribution in [3.05, 3.63) is 40.9 Å². The van der Waals surface area contributed by atoms with Crippen LogP contribution < -0.4 is 5.73 Å². The van der Waals surface area contributed by atoms with E-state index in [1.807, 2.05) is 0 Å². The zero-order valence-corrected chi connectivity index (χ0v) is 14.1. The molecule has 2 aromatic rings. The Morgan fingerprint density at radius 1 is 1.32 bits per heavy atom. The first-order valence-electron chi connectivity index (χ1n) is 8.24. The average Bonchev–Trinajstić information content (AvgIpc) is 2.99. The minimum atomic E-state index is 0.663. The highest BCUT2D eigenvalue weighted by Gasteiger charge is 2.20. The van der Waals surface area contributed by atoms with Gasteiger partial charge in [-0.3, -0.25) is 4.90 Å². The van der Waals surface area contributed by atoms with Crippen LogP contribution in [-0.4, -0.2) is 29.0 Å². The maximum absolute atomic E-state index is 5.64. The molecule has 1 aliphatic rings. The lowest BCUT2D eigenvalue weighted by Crippen LogP contribution is -2.36. The largest absolute Gasteiger partial charge is 0.330 e. The predicted octanol–water partition coefficient (Wildman–Crippen LogP) is 3.69. The van der Waals surface area contributed by atoms with Crippen LogP contribution in [0.1, 0.15) is 37.4 Å². The number of piperidine rings is 1. The van der Waals surface area contributed by atoms with Crippen LogP contribution in [0.3, 0.4) is 0 Å². The molecule has 1 aliphatic heterocycles. The van der Waals surface area contributed by atoms with Gasteiger partial charge in [0.2, 0.25) is 0 Å². The number of rotatable bonds is 5. The number of benzene rings is 1. The molecule has 1 aromatic carbocycles. The van der Waals surface area contributed by atoms with Crippen molar-refractivity contribution in [3.8, 4) is 10.6 Å². The summed E-state index contributed by atoms with van der Waals surface area (Å²) in [4.78, 5) is 7.37. The zero-order valence-electron chi connectivity index (χ0n) is 13.3. The highest BCUT2D eigenvalue weighted by molar-refractivity contribution is 7.13. The summed E-state index contributed by atoms with van der Waals surface area (Å²) >= 11 is 1.73. The van der Waals surface area contributed by atoms with Crippen molar-refractivity contribution in [3.63, 3.8) is 0 Å². The summed E-state index contributed by atoms with van der Waals surface area (Å²) in [7, 11) is 0. The molecular weight excluding hydrogens is 290 g/mol. The van der Waals surface area contributed by atoms with Gasteiger partial charge in [0.1, 0.15) is 5.01 Å². The lowest BCUT2D eigenvalue weighted by atomic mass is 10.0. The number of nitrogens with two attached hydrogens (primary N) is 1. The lowest BCUT2D eigenvalue weighted by Gasteiger charge is -2.33. The van der Waals surface area contributed by atoms with Gasteiger partial charge in [0.25, 0.3) is 0 Å². The fraction of sp³-hybridized carbons (Fsp3) is 0.500. The number of hydrogen-bond acceptors (Lipinski definition) is 4. The highest BCUT2D eigenvalue weighted by atomic mass is 32.1. The molecule has 0 radical (unpaired) electrons. The van der Waals surface area contributed by atoms with Crippen molar-refractivity contribution in [2.75, 3.05) is 13.1 Å². The van der Waals surface area contributed by atoms with Crippen molar-refractivity contribution in [1.82, 2.24) is 9.88 Å². The predicted molar refractivity (Wildman–Crippen MR) is 94.0 cm³/mol. The summed E-state index contributed by atoms with van der Waals surface area (Å²) in [5.74, 6) is 0. The van der Waals surface area contributed by atoms with E-state index in [0.29, 0.717) is 12.6 Å². The SMILES string of the molecule is CC1CCCCN1Cc1ccccc1-c1nc(CCN)cs1. The second-order valence-corrected chi connectivity index (χ2v) is 7.01. The molecule has 1 aromatic heterocycles. The first kappa shape index (κ1) is 15.7. The lowest BCUT2D eigenvalue weighted by molar-refractivity contribution is 0.153. The molecule has 118 valence electrons. The van der Waals surface area contributed by atoms with E-state index in [0.717, 1.165) is 23.7 Å². The minimum absolute atomic E-state index is 0.663. The van der Waals surface area contributed by atoms with Crippen molar-refractivity contribution in [2.45, 2.75) is 45.2 Å². The molecule has 0 aliphatic carbocycles. The number of nitrogens with zero attached hydrogens (tertiary/aromatic N) is 2. The van der Waals surface area contributed by atoms with Crippen LogP contribution in [0.15, 0.2) is 29.6 Å². The Labute approximate surface area is 137 Å². The Morgan fingerprint density at radius 3 is 3.00 bits per heavy atom. The van der Waals surface area contributed by atoms with Gasteiger partial charge in [-0.2, -0.15) is 0 Å². The average molecular weight is 315 g/mol. The van der Waals surface area contributed by atoms with Gasteiger partial charge in [0, 0.05) is 30.0 Å². The molecule has 2 N–H and O–H groups in total. The molecule has 0 saturated carbocycles. The summed E-state index contributed by atoms with van der Waals surface area (Å²) < 4.78 is 0. The summed E-state index contributed by atoms with van der Waals surface area (Å²) in [6.45, 7) is 5.26. The standard InChI is InChI=1S/C18H25N3S/c1-14-6-4-5-11-21(14)12-15-7-2-3-8-17(15)18-20-16(9-10-19)13-22-18/h2-3,7-8,13-14H,4-6,9-12,19H2,1H3. The van der Waals surface area contributed by atoms with E-state index < -0.39 is 0 Å². The van der Waals surface area contributed by atoms with E-state index in [9.17, 15) is 0 Å². The fourth-order valence-electron chi connectivity index (χ4n) is 3.17. The van der Waals surface area contributed by atoms with Gasteiger partial charge in [0.05, 0.1) is 5.69 Å². The van der Waals surface area contributed by atoms with Crippen molar-refractivity contribution < 1.29 is 0 Å². The smallest absolute Gasteiger partial charge is 0.123 e. The van der Waals surface area contributed by atoms with Crippen LogP contribution >= 0.6 is 11.3 Å². The molecule has 1 atom stereocenters. The Morgan fingerprint density at radius 2 is 2.18 bits per heavy atom. The summed E-state index contributed by atoms with van der Waals surface area (Å²) in [6.07, 6.45) is 4.88. The van der Waals surface area contributed by atoms with Gasteiger partial charge in [-0.15, -0.1) is 11.3 Å². The second-order valence-electron chi connectivity index (χ2n) is 6.16. The number of thiazole rings is 1. The maximum Gasteiger partial charge on any atom is 0.123 e. The molecule has 0 amide bonds. The van der Waals surface area contributed by atoms with Crippen molar-refractivity contribution >= 4 is 11.3 Å². The van der Waals surface area contributed by atoms with E-state index in [1.54, 1.807) is 11.3 Å². The number of hydrogen-bond donors (Lipinski definition) is 1. The molecule has 4 heteroatoms. The Hall–Kier alpha value is -1.23. The Bertz CT molecular complexity index is 608. The second kappa shape index (κ2) is 7.36. The van der Waals surface area contributed by atoms with Crippen LogP contribution in [0.2, 0.25) is 0 Å². The third-order valence-corrected chi connectivity index (χ3v) is 5.44. The molecule has 3 rings (SSSR count). The first-order chi connectivity index (χ1) is 10.8. The topological polar surface area (TPSA) is 42.2 Å². The molecule has 0 bridgehead atoms.